The average molecular weight is 528 g/mol. The molecule has 202 valence electrons. The highest BCUT2D eigenvalue weighted by atomic mass is 16.5. The maximum atomic E-state index is 13.5. The third-order valence-corrected chi connectivity index (χ3v) is 7.49. The highest BCUT2D eigenvalue weighted by Crippen LogP contribution is 2.34. The number of amides is 3. The van der Waals surface area contributed by atoms with Crippen molar-refractivity contribution < 1.29 is 23.9 Å². The molecule has 0 bridgehead atoms. The highest BCUT2D eigenvalue weighted by Gasteiger charge is 2.39. The van der Waals surface area contributed by atoms with Gasteiger partial charge in [-0.2, -0.15) is 0 Å². The number of hydrogen-bond donors (Lipinski definition) is 1. The Kier molecular flexibility index (Phi) is 7.81. The number of anilines is 1. The quantitative estimate of drug-likeness (QED) is 0.422. The van der Waals surface area contributed by atoms with Gasteiger partial charge in [-0.25, -0.2) is 0 Å². The number of ether oxygens (including phenoxy) is 2. The van der Waals surface area contributed by atoms with Crippen molar-refractivity contribution in [3.8, 4) is 11.5 Å². The van der Waals surface area contributed by atoms with Gasteiger partial charge in [0.05, 0.1) is 37.0 Å². The van der Waals surface area contributed by atoms with E-state index in [0.717, 1.165) is 36.2 Å². The largest absolute Gasteiger partial charge is 0.493 e. The molecule has 2 heterocycles. The number of carbonyl (C=O) groups excluding carboxylic acids is 3. The summed E-state index contributed by atoms with van der Waals surface area (Å²) >= 11 is 0. The van der Waals surface area contributed by atoms with Crippen molar-refractivity contribution in [2.75, 3.05) is 38.8 Å². The number of piperidine rings is 1. The van der Waals surface area contributed by atoms with E-state index in [4.69, 9.17) is 9.47 Å². The van der Waals surface area contributed by atoms with Gasteiger partial charge in [0, 0.05) is 26.2 Å². The molecule has 1 unspecified atom stereocenters. The van der Waals surface area contributed by atoms with E-state index in [0.29, 0.717) is 42.1 Å². The second kappa shape index (κ2) is 11.6. The van der Waals surface area contributed by atoms with Crippen LogP contribution >= 0.6 is 0 Å². The minimum Gasteiger partial charge on any atom is -0.493 e. The van der Waals surface area contributed by atoms with Gasteiger partial charge in [-0.15, -0.1) is 0 Å². The van der Waals surface area contributed by atoms with Crippen molar-refractivity contribution >= 4 is 23.4 Å². The van der Waals surface area contributed by atoms with Crippen LogP contribution in [-0.4, -0.2) is 56.5 Å². The van der Waals surface area contributed by atoms with Crippen molar-refractivity contribution in [1.82, 2.24) is 10.2 Å². The van der Waals surface area contributed by atoms with Gasteiger partial charge < -0.3 is 19.7 Å². The van der Waals surface area contributed by atoms with Gasteiger partial charge in [-0.05, 0) is 54.7 Å². The SMILES string of the molecule is COc1ccc(CCN2C(=O)c3cccc(N4CCCC(C(=O)NCc5ccccc5)C4)c3C2=O)cc1OC. The zero-order valence-corrected chi connectivity index (χ0v) is 22.3. The zero-order chi connectivity index (χ0) is 27.4. The first-order valence-corrected chi connectivity index (χ1v) is 13.3. The summed E-state index contributed by atoms with van der Waals surface area (Å²) in [6.45, 7) is 1.97. The molecule has 8 nitrogen and oxygen atoms in total. The number of benzene rings is 3. The fourth-order valence-electron chi connectivity index (χ4n) is 5.40. The summed E-state index contributed by atoms with van der Waals surface area (Å²) in [5.74, 6) is 0.474. The van der Waals surface area contributed by atoms with Crippen LogP contribution in [0.4, 0.5) is 5.69 Å². The lowest BCUT2D eigenvalue weighted by atomic mass is 9.95. The van der Waals surface area contributed by atoms with Crippen LogP contribution in [0.2, 0.25) is 0 Å². The molecule has 0 aliphatic carbocycles. The average Bonchev–Trinajstić information content (AvgIpc) is 3.23. The Bertz CT molecular complexity index is 1370. The number of nitrogens with one attached hydrogen (secondary N) is 1. The first-order chi connectivity index (χ1) is 19.0. The Morgan fingerprint density at radius 1 is 0.923 bits per heavy atom. The molecule has 1 atom stereocenters. The molecule has 0 aromatic heterocycles. The Morgan fingerprint density at radius 2 is 1.72 bits per heavy atom. The maximum Gasteiger partial charge on any atom is 0.263 e. The van der Waals surface area contributed by atoms with Crippen LogP contribution in [0.1, 0.15) is 44.7 Å². The molecule has 0 spiro atoms. The van der Waals surface area contributed by atoms with Crippen molar-refractivity contribution in [3.63, 3.8) is 0 Å². The monoisotopic (exact) mass is 527 g/mol. The molecule has 1 N–H and O–H groups in total. The van der Waals surface area contributed by atoms with Gasteiger partial charge in [0.2, 0.25) is 5.91 Å². The number of nitrogens with zero attached hydrogens (tertiary/aromatic N) is 2. The molecule has 0 saturated carbocycles. The van der Waals surface area contributed by atoms with Crippen LogP contribution in [0.3, 0.4) is 0 Å². The molecule has 3 aromatic carbocycles. The lowest BCUT2D eigenvalue weighted by Gasteiger charge is -2.34. The summed E-state index contributed by atoms with van der Waals surface area (Å²) in [5, 5.41) is 3.05. The summed E-state index contributed by atoms with van der Waals surface area (Å²) in [6, 6.07) is 20.8. The second-order valence-electron chi connectivity index (χ2n) is 9.89. The van der Waals surface area contributed by atoms with Crippen LogP contribution in [0.25, 0.3) is 0 Å². The lowest BCUT2D eigenvalue weighted by Crippen LogP contribution is -2.43. The molecule has 1 saturated heterocycles. The molecule has 8 heteroatoms. The van der Waals surface area contributed by atoms with Crippen LogP contribution in [0, 0.1) is 5.92 Å². The standard InChI is InChI=1S/C31H33N3O5/c1-38-26-14-13-21(18-27(26)39-2)15-17-34-30(36)24-11-6-12-25(28(24)31(34)37)33-16-7-10-23(20-33)29(35)32-19-22-8-4-3-5-9-22/h3-6,8-9,11-14,18,23H,7,10,15-17,19-20H2,1-2H3,(H,32,35). The normalized spacial score (nSPS) is 16.7. The summed E-state index contributed by atoms with van der Waals surface area (Å²) in [5.41, 5.74) is 3.56. The van der Waals surface area contributed by atoms with E-state index in [1.54, 1.807) is 20.3 Å². The Hall–Kier alpha value is -4.33. The predicted molar refractivity (Wildman–Crippen MR) is 148 cm³/mol. The number of carbonyl (C=O) groups is 3. The van der Waals surface area contributed by atoms with Crippen LogP contribution in [-0.2, 0) is 17.8 Å². The van der Waals surface area contributed by atoms with Gasteiger partial charge in [0.1, 0.15) is 0 Å². The highest BCUT2D eigenvalue weighted by molar-refractivity contribution is 6.23. The van der Waals surface area contributed by atoms with Gasteiger partial charge in [-0.3, -0.25) is 19.3 Å². The summed E-state index contributed by atoms with van der Waals surface area (Å²) in [6.07, 6.45) is 2.11. The minimum absolute atomic E-state index is 0.00933. The van der Waals surface area contributed by atoms with Crippen molar-refractivity contribution in [2.45, 2.75) is 25.8 Å². The van der Waals surface area contributed by atoms with Gasteiger partial charge >= 0.3 is 0 Å². The molecular weight excluding hydrogens is 494 g/mol. The molecule has 3 amide bonds. The summed E-state index contributed by atoms with van der Waals surface area (Å²) < 4.78 is 10.7. The second-order valence-corrected chi connectivity index (χ2v) is 9.89. The fourth-order valence-corrected chi connectivity index (χ4v) is 5.40. The summed E-state index contributed by atoms with van der Waals surface area (Å²) in [4.78, 5) is 43.2. The van der Waals surface area contributed by atoms with Gasteiger partial charge in [-0.1, -0.05) is 42.5 Å². The molecule has 3 aromatic rings. The number of rotatable bonds is 9. The van der Waals surface area contributed by atoms with E-state index < -0.39 is 0 Å². The third kappa shape index (κ3) is 5.46. The van der Waals surface area contributed by atoms with E-state index in [-0.39, 0.29) is 30.2 Å². The molecular formula is C31H33N3O5. The number of hydrogen-bond acceptors (Lipinski definition) is 6. The zero-order valence-electron chi connectivity index (χ0n) is 22.3. The Labute approximate surface area is 228 Å². The van der Waals surface area contributed by atoms with Gasteiger partial charge in [0.25, 0.3) is 11.8 Å². The lowest BCUT2D eigenvalue weighted by molar-refractivity contribution is -0.125. The van der Waals surface area contributed by atoms with Crippen molar-refractivity contribution in [2.24, 2.45) is 5.92 Å². The van der Waals surface area contributed by atoms with Crippen molar-refractivity contribution in [1.29, 1.82) is 0 Å². The van der Waals surface area contributed by atoms with Crippen molar-refractivity contribution in [3.05, 3.63) is 89.0 Å². The molecule has 2 aliphatic heterocycles. The van der Waals surface area contributed by atoms with Gasteiger partial charge in [0.15, 0.2) is 11.5 Å². The number of fused-ring (bicyclic) bond motifs is 1. The van der Waals surface area contributed by atoms with E-state index >= 15 is 0 Å². The molecule has 5 rings (SSSR count). The van der Waals surface area contributed by atoms with E-state index in [2.05, 4.69) is 10.2 Å². The Morgan fingerprint density at radius 3 is 2.49 bits per heavy atom. The molecule has 1 fully saturated rings. The van der Waals surface area contributed by atoms with Crippen LogP contribution in [0.15, 0.2) is 66.7 Å². The fraction of sp³-hybridized carbons (Fsp3) is 0.323. The third-order valence-electron chi connectivity index (χ3n) is 7.49. The minimum atomic E-state index is -0.290. The number of imide groups is 1. The van der Waals surface area contributed by atoms with Crippen LogP contribution < -0.4 is 19.7 Å². The predicted octanol–water partition coefficient (Wildman–Crippen LogP) is 4.08. The molecule has 2 aliphatic rings. The van der Waals surface area contributed by atoms with E-state index in [1.807, 2.05) is 60.7 Å². The first kappa shape index (κ1) is 26.3. The first-order valence-electron chi connectivity index (χ1n) is 13.3. The van der Waals surface area contributed by atoms with E-state index in [9.17, 15) is 14.4 Å². The number of methoxy groups -OCH3 is 2. The topological polar surface area (TPSA) is 88.2 Å². The smallest absolute Gasteiger partial charge is 0.263 e. The van der Waals surface area contributed by atoms with E-state index in [1.165, 1.54) is 4.90 Å². The van der Waals surface area contributed by atoms with Crippen LogP contribution in [0.5, 0.6) is 11.5 Å². The maximum absolute atomic E-state index is 13.5. The summed E-state index contributed by atoms with van der Waals surface area (Å²) in [7, 11) is 3.15. The Balaban J connectivity index is 1.28. The molecule has 0 radical (unpaired) electrons. The molecule has 39 heavy (non-hydrogen) atoms.